The van der Waals surface area contributed by atoms with E-state index in [9.17, 15) is 5.11 Å². The molecule has 0 saturated carbocycles. The molecule has 0 amide bonds. The normalized spacial score (nSPS) is 27.0. The Balaban J connectivity index is 2.43. The van der Waals surface area contributed by atoms with E-state index in [-0.39, 0.29) is 11.0 Å². The largest absolute Gasteiger partial charge is 0.508 e. The van der Waals surface area contributed by atoms with Crippen molar-refractivity contribution in [1.29, 1.82) is 0 Å². The molecule has 2 heteroatoms. The van der Waals surface area contributed by atoms with Crippen molar-refractivity contribution in [2.75, 3.05) is 0 Å². The average Bonchev–Trinajstić information content (AvgIpc) is 2.52. The van der Waals surface area contributed by atoms with E-state index in [4.69, 9.17) is 0 Å². The number of aromatic nitrogens is 1. The topological polar surface area (TPSA) is 24.1 Å². The van der Waals surface area contributed by atoms with E-state index >= 15 is 0 Å². The van der Waals surface area contributed by atoms with Gasteiger partial charge in [-0.2, -0.15) is 4.57 Å². The molecule has 2 heterocycles. The monoisotopic (exact) mass is 282 g/mol. The maximum Gasteiger partial charge on any atom is 0.213 e. The lowest BCUT2D eigenvalue weighted by Gasteiger charge is -2.46. The lowest BCUT2D eigenvalue weighted by molar-refractivity contribution is -0.765. The summed E-state index contributed by atoms with van der Waals surface area (Å²) in [6.45, 7) is 9.24. The van der Waals surface area contributed by atoms with Gasteiger partial charge in [0.05, 0.1) is 11.0 Å². The average molecular weight is 282 g/mol. The summed E-state index contributed by atoms with van der Waals surface area (Å²) in [7, 11) is 0. The van der Waals surface area contributed by atoms with Gasteiger partial charge in [-0.25, -0.2) is 0 Å². The van der Waals surface area contributed by atoms with Crippen LogP contribution >= 0.6 is 0 Å². The summed E-state index contributed by atoms with van der Waals surface area (Å²) in [6, 6.07) is 12.2. The van der Waals surface area contributed by atoms with E-state index in [1.807, 2.05) is 12.1 Å². The highest BCUT2D eigenvalue weighted by atomic mass is 16.3. The van der Waals surface area contributed by atoms with E-state index in [1.165, 1.54) is 11.3 Å². The molecule has 0 aliphatic carbocycles. The maximum atomic E-state index is 9.93. The highest BCUT2D eigenvalue weighted by Gasteiger charge is 2.56. The van der Waals surface area contributed by atoms with Gasteiger partial charge in [0.1, 0.15) is 5.75 Å². The summed E-state index contributed by atoms with van der Waals surface area (Å²) in [5.74, 6) is 0.336. The number of rotatable bonds is 2. The van der Waals surface area contributed by atoms with Gasteiger partial charge in [0.25, 0.3) is 0 Å². The molecular weight excluding hydrogens is 258 g/mol. The third-order valence-corrected chi connectivity index (χ3v) is 5.85. The number of fused-ring (bicyclic) bond motifs is 3. The van der Waals surface area contributed by atoms with Gasteiger partial charge in [-0.15, -0.1) is 0 Å². The van der Waals surface area contributed by atoms with Gasteiger partial charge in [0.15, 0.2) is 11.7 Å². The smallest absolute Gasteiger partial charge is 0.213 e. The van der Waals surface area contributed by atoms with Crippen molar-refractivity contribution in [1.82, 2.24) is 0 Å². The molecule has 0 saturated heterocycles. The van der Waals surface area contributed by atoms with Gasteiger partial charge in [-0.05, 0) is 37.1 Å². The first kappa shape index (κ1) is 14.1. The number of phenols is 1. The standard InChI is InChI=1S/C19H23NO/c1-5-18(3)16-11-10-14(21)13-15(16)17-9-7-8-12-20(17)19(18,4)6-2/h7-13H,5-6H2,1-4H3/p+1. The van der Waals surface area contributed by atoms with E-state index in [2.05, 4.69) is 62.7 Å². The van der Waals surface area contributed by atoms with Gasteiger partial charge in [-0.3, -0.25) is 0 Å². The van der Waals surface area contributed by atoms with Crippen LogP contribution in [0.3, 0.4) is 0 Å². The molecule has 2 nitrogen and oxygen atoms in total. The molecule has 1 aliphatic rings. The Morgan fingerprint density at radius 3 is 2.48 bits per heavy atom. The Morgan fingerprint density at radius 1 is 1.05 bits per heavy atom. The predicted molar refractivity (Wildman–Crippen MR) is 85.3 cm³/mol. The van der Waals surface area contributed by atoms with Crippen molar-refractivity contribution in [3.8, 4) is 17.0 Å². The zero-order chi connectivity index (χ0) is 15.3. The molecule has 0 radical (unpaired) electrons. The molecular formula is C19H24NO+. The summed E-state index contributed by atoms with van der Waals surface area (Å²) in [6.07, 6.45) is 4.31. The van der Waals surface area contributed by atoms with Crippen LogP contribution in [0.2, 0.25) is 0 Å². The van der Waals surface area contributed by atoms with Crippen molar-refractivity contribution < 1.29 is 9.67 Å². The number of benzene rings is 1. The number of hydrogen-bond acceptors (Lipinski definition) is 1. The molecule has 1 aromatic heterocycles. The Bertz CT molecular complexity index is 694. The molecule has 2 atom stereocenters. The molecule has 0 spiro atoms. The Hall–Kier alpha value is -1.83. The second-order valence-electron chi connectivity index (χ2n) is 6.50. The minimum Gasteiger partial charge on any atom is -0.508 e. The quantitative estimate of drug-likeness (QED) is 0.822. The first-order valence-corrected chi connectivity index (χ1v) is 7.83. The molecule has 110 valence electrons. The van der Waals surface area contributed by atoms with E-state index in [0.717, 1.165) is 18.4 Å². The highest BCUT2D eigenvalue weighted by Crippen LogP contribution is 2.49. The molecule has 1 N–H and O–H groups in total. The van der Waals surface area contributed by atoms with Gasteiger partial charge in [-0.1, -0.05) is 19.9 Å². The first-order chi connectivity index (χ1) is 9.98. The van der Waals surface area contributed by atoms with Crippen molar-refractivity contribution in [3.05, 3.63) is 48.2 Å². The van der Waals surface area contributed by atoms with Gasteiger partial charge in [0, 0.05) is 25.5 Å². The highest BCUT2D eigenvalue weighted by molar-refractivity contribution is 5.67. The minimum atomic E-state index is 0.0301. The molecule has 2 unspecified atom stereocenters. The van der Waals surface area contributed by atoms with Crippen molar-refractivity contribution >= 4 is 0 Å². The summed E-state index contributed by atoms with van der Waals surface area (Å²) < 4.78 is 2.40. The number of pyridine rings is 1. The second kappa shape index (κ2) is 4.59. The van der Waals surface area contributed by atoms with Gasteiger partial charge in [0.2, 0.25) is 5.69 Å². The number of hydrogen-bond donors (Lipinski definition) is 1. The number of phenolic OH excluding ortho intramolecular Hbond substituents is 1. The lowest BCUT2D eigenvalue weighted by atomic mass is 9.61. The fourth-order valence-corrected chi connectivity index (χ4v) is 4.01. The second-order valence-corrected chi connectivity index (χ2v) is 6.50. The van der Waals surface area contributed by atoms with Crippen LogP contribution in [-0.2, 0) is 11.0 Å². The summed E-state index contributed by atoms with van der Waals surface area (Å²) in [5.41, 5.74) is 3.77. The predicted octanol–water partition coefficient (Wildman–Crippen LogP) is 4.15. The maximum absolute atomic E-state index is 9.93. The summed E-state index contributed by atoms with van der Waals surface area (Å²) >= 11 is 0. The van der Waals surface area contributed by atoms with Crippen LogP contribution in [-0.4, -0.2) is 5.11 Å². The van der Waals surface area contributed by atoms with Crippen LogP contribution in [0.5, 0.6) is 5.75 Å². The fraction of sp³-hybridized carbons (Fsp3) is 0.421. The number of aromatic hydroxyl groups is 1. The summed E-state index contributed by atoms with van der Waals surface area (Å²) in [4.78, 5) is 0. The molecule has 2 aromatic rings. The molecule has 1 aromatic carbocycles. The first-order valence-electron chi connectivity index (χ1n) is 7.83. The zero-order valence-corrected chi connectivity index (χ0v) is 13.4. The molecule has 21 heavy (non-hydrogen) atoms. The minimum absolute atomic E-state index is 0.0301. The van der Waals surface area contributed by atoms with Crippen molar-refractivity contribution in [3.63, 3.8) is 0 Å². The van der Waals surface area contributed by atoms with Crippen LogP contribution in [0.15, 0.2) is 42.6 Å². The lowest BCUT2D eigenvalue weighted by Crippen LogP contribution is -2.67. The molecule has 0 fully saturated rings. The Morgan fingerprint density at radius 2 is 1.81 bits per heavy atom. The molecule has 0 bridgehead atoms. The van der Waals surface area contributed by atoms with Crippen molar-refractivity contribution in [2.45, 2.75) is 51.5 Å². The third kappa shape index (κ3) is 1.68. The SMILES string of the molecule is CCC1(C)c2ccc(O)cc2-c2cccc[n+]2C1(C)CC. The third-order valence-electron chi connectivity index (χ3n) is 5.85. The van der Waals surface area contributed by atoms with Crippen LogP contribution in [0.1, 0.15) is 46.1 Å². The van der Waals surface area contributed by atoms with E-state index in [1.54, 1.807) is 0 Å². The van der Waals surface area contributed by atoms with E-state index in [0.29, 0.717) is 5.75 Å². The van der Waals surface area contributed by atoms with Crippen LogP contribution in [0.4, 0.5) is 0 Å². The summed E-state index contributed by atoms with van der Waals surface area (Å²) in [5, 5.41) is 9.93. The number of nitrogens with zero attached hydrogens (tertiary/aromatic N) is 1. The van der Waals surface area contributed by atoms with E-state index < -0.39 is 0 Å². The van der Waals surface area contributed by atoms with Gasteiger partial charge >= 0.3 is 0 Å². The zero-order valence-electron chi connectivity index (χ0n) is 13.4. The van der Waals surface area contributed by atoms with Crippen molar-refractivity contribution in [2.24, 2.45) is 0 Å². The van der Waals surface area contributed by atoms with Crippen LogP contribution in [0.25, 0.3) is 11.3 Å². The van der Waals surface area contributed by atoms with Crippen LogP contribution < -0.4 is 4.57 Å². The fourth-order valence-electron chi connectivity index (χ4n) is 4.01. The van der Waals surface area contributed by atoms with Crippen LogP contribution in [0, 0.1) is 0 Å². The molecule has 3 rings (SSSR count). The Kier molecular flexibility index (Phi) is 3.09. The molecule has 1 aliphatic heterocycles. The van der Waals surface area contributed by atoms with Gasteiger partial charge < -0.3 is 5.11 Å². The Labute approximate surface area is 127 Å².